The van der Waals surface area contributed by atoms with Gasteiger partial charge < -0.3 is 10.2 Å². The Morgan fingerprint density at radius 2 is 2.47 bits per heavy atom. The number of halogens is 1. The summed E-state index contributed by atoms with van der Waals surface area (Å²) in [6.45, 7) is 2.10. The molecule has 1 fully saturated rings. The van der Waals surface area contributed by atoms with Crippen LogP contribution in [0.4, 0.5) is 0 Å². The third-order valence-electron chi connectivity index (χ3n) is 2.42. The number of pyridine rings is 1. The molecule has 1 saturated heterocycles. The van der Waals surface area contributed by atoms with Crippen LogP contribution < -0.4 is 5.32 Å². The molecule has 1 aliphatic heterocycles. The molecule has 0 amide bonds. The van der Waals surface area contributed by atoms with Crippen molar-refractivity contribution < 1.29 is 4.92 Å². The molecule has 0 saturated carbocycles. The number of nitrogens with zero attached hydrogens (tertiary/aromatic N) is 3. The highest BCUT2D eigenvalue weighted by molar-refractivity contribution is 9.10. The molecule has 2 rings (SSSR count). The van der Waals surface area contributed by atoms with Crippen molar-refractivity contribution in [1.82, 2.24) is 15.2 Å². The zero-order valence-electron chi connectivity index (χ0n) is 8.97. The lowest BCUT2D eigenvalue weighted by Gasteiger charge is -2.16. The highest BCUT2D eigenvalue weighted by Crippen LogP contribution is 2.14. The van der Waals surface area contributed by atoms with Gasteiger partial charge in [0.1, 0.15) is 4.60 Å². The van der Waals surface area contributed by atoms with Gasteiger partial charge in [-0.3, -0.25) is 10.1 Å². The van der Waals surface area contributed by atoms with Crippen molar-refractivity contribution in [2.24, 2.45) is 0 Å². The lowest BCUT2D eigenvalue weighted by atomic mass is 10.3. The van der Waals surface area contributed by atoms with Crippen LogP contribution >= 0.6 is 15.9 Å². The lowest BCUT2D eigenvalue weighted by Crippen LogP contribution is -2.20. The van der Waals surface area contributed by atoms with Crippen molar-refractivity contribution >= 4 is 15.9 Å². The van der Waals surface area contributed by atoms with E-state index >= 15 is 0 Å². The largest absolute Gasteiger partial charge is 0.365 e. The maximum Gasteiger partial charge on any atom is 0.274 e. The first-order valence-electron chi connectivity index (χ1n) is 5.10. The lowest BCUT2D eigenvalue weighted by molar-refractivity contribution is -0.404. The van der Waals surface area contributed by atoms with E-state index in [-0.39, 0.29) is 0 Å². The van der Waals surface area contributed by atoms with Gasteiger partial charge in [0.05, 0.1) is 4.92 Å². The molecule has 1 aromatic heterocycles. The summed E-state index contributed by atoms with van der Waals surface area (Å²) in [5.41, 5.74) is 1.02. The summed E-state index contributed by atoms with van der Waals surface area (Å²) >= 11 is 3.26. The smallest absolute Gasteiger partial charge is 0.274 e. The van der Waals surface area contributed by atoms with E-state index in [1.165, 1.54) is 0 Å². The van der Waals surface area contributed by atoms with E-state index in [0.29, 0.717) is 12.4 Å². The first-order chi connectivity index (χ1) is 8.15. The summed E-state index contributed by atoms with van der Waals surface area (Å²) in [6.07, 6.45) is 2.76. The zero-order chi connectivity index (χ0) is 12.3. The molecule has 2 heterocycles. The second kappa shape index (κ2) is 5.13. The average molecular weight is 299 g/mol. The molecule has 17 heavy (non-hydrogen) atoms. The summed E-state index contributed by atoms with van der Waals surface area (Å²) in [4.78, 5) is 16.0. The Hall–Kier alpha value is -1.63. The molecule has 0 bridgehead atoms. The fraction of sp³-hybridized carbons (Fsp3) is 0.300. The van der Waals surface area contributed by atoms with Gasteiger partial charge in [0.25, 0.3) is 6.20 Å². The summed E-state index contributed by atoms with van der Waals surface area (Å²) < 4.78 is 0.779. The Morgan fingerprint density at radius 1 is 1.65 bits per heavy atom. The molecule has 0 spiro atoms. The van der Waals surface area contributed by atoms with Gasteiger partial charge in [-0.1, -0.05) is 6.07 Å². The van der Waals surface area contributed by atoms with Crippen molar-refractivity contribution in [2.45, 2.75) is 6.54 Å². The molecule has 0 atom stereocenters. The van der Waals surface area contributed by atoms with E-state index < -0.39 is 4.92 Å². The highest BCUT2D eigenvalue weighted by Gasteiger charge is 2.19. The fourth-order valence-corrected chi connectivity index (χ4v) is 1.90. The van der Waals surface area contributed by atoms with Crippen LogP contribution in [0.1, 0.15) is 5.56 Å². The Bertz CT molecular complexity index is 446. The molecule has 1 aromatic rings. The van der Waals surface area contributed by atoms with E-state index in [1.54, 1.807) is 6.20 Å². The summed E-state index contributed by atoms with van der Waals surface area (Å²) in [5, 5.41) is 13.4. The third kappa shape index (κ3) is 3.16. The maximum absolute atomic E-state index is 10.4. The van der Waals surface area contributed by atoms with Gasteiger partial charge in [-0.15, -0.1) is 0 Å². The topological polar surface area (TPSA) is 71.3 Å². The van der Waals surface area contributed by atoms with Gasteiger partial charge in [-0.25, -0.2) is 4.98 Å². The molecule has 0 aliphatic carbocycles. The molecular weight excluding hydrogens is 288 g/mol. The van der Waals surface area contributed by atoms with E-state index in [9.17, 15) is 10.1 Å². The Morgan fingerprint density at radius 3 is 3.12 bits per heavy atom. The van der Waals surface area contributed by atoms with E-state index in [0.717, 1.165) is 29.5 Å². The van der Waals surface area contributed by atoms with Gasteiger partial charge in [0, 0.05) is 25.8 Å². The molecular formula is C10H11BrN4O2. The van der Waals surface area contributed by atoms with E-state index in [1.807, 2.05) is 17.0 Å². The molecule has 90 valence electrons. The number of rotatable bonds is 3. The number of aromatic nitrogens is 1. The SMILES string of the molecule is O=[N+]([O-])/C=C1\NCCN1Cc1ccc(Br)nc1. The van der Waals surface area contributed by atoms with Gasteiger partial charge >= 0.3 is 0 Å². The summed E-state index contributed by atoms with van der Waals surface area (Å²) in [5.74, 6) is 0.554. The normalized spacial score (nSPS) is 17.2. The minimum absolute atomic E-state index is 0.444. The molecule has 0 radical (unpaired) electrons. The quantitative estimate of drug-likeness (QED) is 0.518. The second-order valence-electron chi connectivity index (χ2n) is 3.64. The number of nitrogens with one attached hydrogen (secondary N) is 1. The van der Waals surface area contributed by atoms with Crippen molar-refractivity contribution in [1.29, 1.82) is 0 Å². The van der Waals surface area contributed by atoms with Crippen molar-refractivity contribution in [2.75, 3.05) is 13.1 Å². The van der Waals surface area contributed by atoms with Crippen LogP contribution in [-0.4, -0.2) is 27.9 Å². The van der Waals surface area contributed by atoms with Crippen LogP contribution in [0.2, 0.25) is 0 Å². The molecule has 0 aromatic carbocycles. The van der Waals surface area contributed by atoms with Gasteiger partial charge in [-0.05, 0) is 27.6 Å². The van der Waals surface area contributed by atoms with E-state index in [4.69, 9.17) is 0 Å². The van der Waals surface area contributed by atoms with Crippen molar-refractivity contribution in [3.8, 4) is 0 Å². The van der Waals surface area contributed by atoms with Crippen molar-refractivity contribution in [3.63, 3.8) is 0 Å². The van der Waals surface area contributed by atoms with Crippen LogP contribution in [0.25, 0.3) is 0 Å². The Kier molecular flexibility index (Phi) is 3.58. The van der Waals surface area contributed by atoms with Crippen LogP contribution in [0.5, 0.6) is 0 Å². The first-order valence-corrected chi connectivity index (χ1v) is 5.89. The number of nitro groups is 1. The van der Waals surface area contributed by atoms with Gasteiger partial charge in [0.2, 0.25) is 0 Å². The molecule has 1 aliphatic rings. The Balaban J connectivity index is 2.07. The second-order valence-corrected chi connectivity index (χ2v) is 4.45. The summed E-state index contributed by atoms with van der Waals surface area (Å²) in [6, 6.07) is 3.80. The predicted molar refractivity (Wildman–Crippen MR) is 65.4 cm³/mol. The minimum atomic E-state index is -0.444. The fourth-order valence-electron chi connectivity index (χ4n) is 1.66. The van der Waals surface area contributed by atoms with Crippen LogP contribution in [-0.2, 0) is 6.54 Å². The predicted octanol–water partition coefficient (Wildman–Crippen LogP) is 1.32. The van der Waals surface area contributed by atoms with E-state index in [2.05, 4.69) is 26.2 Å². The highest BCUT2D eigenvalue weighted by atomic mass is 79.9. The molecule has 0 unspecified atom stereocenters. The number of hydrogen-bond donors (Lipinski definition) is 1. The number of hydrogen-bond acceptors (Lipinski definition) is 5. The van der Waals surface area contributed by atoms with Gasteiger partial charge in [0.15, 0.2) is 5.82 Å². The molecule has 7 heteroatoms. The minimum Gasteiger partial charge on any atom is -0.365 e. The van der Waals surface area contributed by atoms with Crippen molar-refractivity contribution in [3.05, 3.63) is 50.6 Å². The summed E-state index contributed by atoms with van der Waals surface area (Å²) in [7, 11) is 0. The molecule has 1 N–H and O–H groups in total. The monoisotopic (exact) mass is 298 g/mol. The van der Waals surface area contributed by atoms with Crippen LogP contribution in [0, 0.1) is 10.1 Å². The Labute approximate surface area is 107 Å². The van der Waals surface area contributed by atoms with Crippen LogP contribution in [0.15, 0.2) is 35.0 Å². The zero-order valence-corrected chi connectivity index (χ0v) is 10.6. The van der Waals surface area contributed by atoms with Gasteiger partial charge in [-0.2, -0.15) is 0 Å². The van der Waals surface area contributed by atoms with Crippen LogP contribution in [0.3, 0.4) is 0 Å². The standard InChI is InChI=1S/C10H11BrN4O2/c11-9-2-1-8(5-13-9)6-14-4-3-12-10(14)7-15(16)17/h1-2,5,7,12H,3-4,6H2/b10-7+. The third-order valence-corrected chi connectivity index (χ3v) is 2.89. The first kappa shape index (κ1) is 11.8. The average Bonchev–Trinajstić information content (AvgIpc) is 2.68. The molecule has 6 nitrogen and oxygen atoms in total. The maximum atomic E-state index is 10.4.